The van der Waals surface area contributed by atoms with Gasteiger partial charge in [-0.3, -0.25) is 9.59 Å². The molecular weight excluding hydrogens is 617 g/mol. The molecule has 4 aromatic rings. The van der Waals surface area contributed by atoms with E-state index in [1.807, 2.05) is 72.8 Å². The molecule has 0 amide bonds. The monoisotopic (exact) mass is 674 g/mol. The number of ether oxygens (including phenoxy) is 2. The van der Waals surface area contributed by atoms with E-state index in [1.165, 1.54) is 38.5 Å². The first-order chi connectivity index (χ1) is 24.1. The Labute approximate surface area is 301 Å². The molecule has 0 unspecified atom stereocenters. The van der Waals surface area contributed by atoms with Gasteiger partial charge in [0.1, 0.15) is 11.5 Å². The number of hydrogen-bond donors (Lipinski definition) is 0. The van der Waals surface area contributed by atoms with Gasteiger partial charge in [0.15, 0.2) is 0 Å². The van der Waals surface area contributed by atoms with Gasteiger partial charge in [0.05, 0.1) is 13.2 Å². The van der Waals surface area contributed by atoms with Gasteiger partial charge >= 0.3 is 0 Å². The lowest BCUT2D eigenvalue weighted by Crippen LogP contribution is -2.14. The molecule has 0 radical (unpaired) electrons. The van der Waals surface area contributed by atoms with Crippen LogP contribution in [0.2, 0.25) is 0 Å². The molecule has 4 nitrogen and oxygen atoms in total. The minimum atomic E-state index is -0.512. The molecule has 0 spiro atoms. The van der Waals surface area contributed by atoms with Crippen molar-refractivity contribution in [1.82, 2.24) is 0 Å². The van der Waals surface area contributed by atoms with Crippen LogP contribution in [-0.4, -0.2) is 24.8 Å². The first-order valence-corrected chi connectivity index (χ1v) is 18.8. The van der Waals surface area contributed by atoms with Gasteiger partial charge in [-0.2, -0.15) is 0 Å². The third-order valence-electron chi connectivity index (χ3n) is 9.59. The van der Waals surface area contributed by atoms with E-state index in [0.717, 1.165) is 71.6 Å². The number of Topliss-reactive ketones (excluding diaryl/α,β-unsaturated/α-hetero) is 2. The van der Waals surface area contributed by atoms with Gasteiger partial charge in [0.25, 0.3) is 0 Å². The SMILES string of the molecule is CC(C)CCC[C@H](C)CCOc1ccc(-c2ccc(C(=O)C(=O)c3ccc(-c4ccc(OCC[C@@H](C)CCCC(C)C)cc4)cc3)cc2)cc1. The number of hydrogen-bond acceptors (Lipinski definition) is 4. The highest BCUT2D eigenvalue weighted by atomic mass is 16.5. The second-order valence-electron chi connectivity index (χ2n) is 15.0. The lowest BCUT2D eigenvalue weighted by Gasteiger charge is -2.13. The lowest BCUT2D eigenvalue weighted by molar-refractivity contribution is 0.0817. The number of carbonyl (C=O) groups excluding carboxylic acids is 2. The van der Waals surface area contributed by atoms with E-state index in [2.05, 4.69) is 41.5 Å². The minimum Gasteiger partial charge on any atom is -0.494 e. The zero-order valence-corrected chi connectivity index (χ0v) is 31.3. The molecule has 0 heterocycles. The van der Waals surface area contributed by atoms with E-state index in [9.17, 15) is 9.59 Å². The molecular formula is C46H58O4. The van der Waals surface area contributed by atoms with Gasteiger partial charge in [0, 0.05) is 11.1 Å². The van der Waals surface area contributed by atoms with E-state index in [-0.39, 0.29) is 0 Å². The Morgan fingerprint density at radius 2 is 0.720 bits per heavy atom. The van der Waals surface area contributed by atoms with Crippen LogP contribution in [0.15, 0.2) is 97.1 Å². The summed E-state index contributed by atoms with van der Waals surface area (Å²) in [5.74, 6) is 3.56. The third kappa shape index (κ3) is 12.6. The Bertz CT molecular complexity index is 1460. The van der Waals surface area contributed by atoms with Gasteiger partial charge in [-0.05, 0) is 83.0 Å². The van der Waals surface area contributed by atoms with Crippen molar-refractivity contribution < 1.29 is 19.1 Å². The summed E-state index contributed by atoms with van der Waals surface area (Å²) in [4.78, 5) is 26.2. The smallest absolute Gasteiger partial charge is 0.233 e. The van der Waals surface area contributed by atoms with Crippen molar-refractivity contribution >= 4 is 11.6 Å². The van der Waals surface area contributed by atoms with Crippen LogP contribution < -0.4 is 9.47 Å². The van der Waals surface area contributed by atoms with Crippen LogP contribution in [0.25, 0.3) is 22.3 Å². The van der Waals surface area contributed by atoms with Crippen LogP contribution >= 0.6 is 0 Å². The summed E-state index contributed by atoms with van der Waals surface area (Å²) in [6.07, 6.45) is 9.76. The molecule has 0 aromatic heterocycles. The van der Waals surface area contributed by atoms with Crippen LogP contribution in [0.3, 0.4) is 0 Å². The normalized spacial score (nSPS) is 12.6. The zero-order chi connectivity index (χ0) is 35.9. The van der Waals surface area contributed by atoms with Crippen LogP contribution in [-0.2, 0) is 0 Å². The van der Waals surface area contributed by atoms with Crippen molar-refractivity contribution in [2.75, 3.05) is 13.2 Å². The summed E-state index contributed by atoms with van der Waals surface area (Å²) in [6.45, 7) is 15.2. The van der Waals surface area contributed by atoms with Crippen molar-refractivity contribution in [3.63, 3.8) is 0 Å². The molecule has 266 valence electrons. The predicted molar refractivity (Wildman–Crippen MR) is 208 cm³/mol. The molecule has 0 saturated heterocycles. The van der Waals surface area contributed by atoms with Gasteiger partial charge in [-0.1, -0.05) is 153 Å². The number of rotatable bonds is 21. The van der Waals surface area contributed by atoms with Crippen molar-refractivity contribution in [1.29, 1.82) is 0 Å². The van der Waals surface area contributed by atoms with Crippen molar-refractivity contribution in [2.24, 2.45) is 23.7 Å². The summed E-state index contributed by atoms with van der Waals surface area (Å²) >= 11 is 0. The van der Waals surface area contributed by atoms with Crippen molar-refractivity contribution in [3.8, 4) is 33.8 Å². The molecule has 0 fully saturated rings. The molecule has 4 heteroatoms. The molecule has 0 aliphatic rings. The van der Waals surface area contributed by atoms with Crippen molar-refractivity contribution in [2.45, 2.75) is 92.9 Å². The molecule has 4 aromatic carbocycles. The van der Waals surface area contributed by atoms with E-state index in [0.29, 0.717) is 23.0 Å². The molecule has 2 atom stereocenters. The Balaban J connectivity index is 1.23. The van der Waals surface area contributed by atoms with E-state index < -0.39 is 11.6 Å². The van der Waals surface area contributed by atoms with E-state index in [4.69, 9.17) is 9.47 Å². The zero-order valence-electron chi connectivity index (χ0n) is 31.3. The van der Waals surface area contributed by atoms with Crippen LogP contribution in [0, 0.1) is 23.7 Å². The largest absolute Gasteiger partial charge is 0.494 e. The molecule has 4 rings (SSSR count). The van der Waals surface area contributed by atoms with Crippen LogP contribution in [0.1, 0.15) is 114 Å². The van der Waals surface area contributed by atoms with Crippen LogP contribution in [0.4, 0.5) is 0 Å². The molecule has 0 N–H and O–H groups in total. The maximum atomic E-state index is 13.1. The highest BCUT2D eigenvalue weighted by Crippen LogP contribution is 2.26. The number of benzene rings is 4. The van der Waals surface area contributed by atoms with Gasteiger partial charge in [-0.15, -0.1) is 0 Å². The second kappa shape index (κ2) is 19.9. The summed E-state index contributed by atoms with van der Waals surface area (Å²) in [5, 5.41) is 0. The Hall–Kier alpha value is -4.18. The summed E-state index contributed by atoms with van der Waals surface area (Å²) in [6, 6.07) is 30.6. The Kier molecular flexibility index (Phi) is 15.3. The summed E-state index contributed by atoms with van der Waals surface area (Å²) in [5.41, 5.74) is 4.78. The van der Waals surface area contributed by atoms with E-state index >= 15 is 0 Å². The van der Waals surface area contributed by atoms with Gasteiger partial charge in [-0.25, -0.2) is 0 Å². The van der Waals surface area contributed by atoms with Crippen molar-refractivity contribution in [3.05, 3.63) is 108 Å². The molecule has 0 aliphatic carbocycles. The first-order valence-electron chi connectivity index (χ1n) is 18.8. The molecule has 0 saturated carbocycles. The Morgan fingerprint density at radius 3 is 1.02 bits per heavy atom. The summed E-state index contributed by atoms with van der Waals surface area (Å²) in [7, 11) is 0. The third-order valence-corrected chi connectivity index (χ3v) is 9.59. The fourth-order valence-corrected chi connectivity index (χ4v) is 6.17. The first kappa shape index (κ1) is 38.6. The van der Waals surface area contributed by atoms with Crippen LogP contribution in [0.5, 0.6) is 11.5 Å². The van der Waals surface area contributed by atoms with Gasteiger partial charge in [0.2, 0.25) is 11.6 Å². The summed E-state index contributed by atoms with van der Waals surface area (Å²) < 4.78 is 12.0. The lowest BCUT2D eigenvalue weighted by atomic mass is 9.97. The Morgan fingerprint density at radius 1 is 0.420 bits per heavy atom. The topological polar surface area (TPSA) is 52.6 Å². The highest BCUT2D eigenvalue weighted by Gasteiger charge is 2.18. The maximum Gasteiger partial charge on any atom is 0.233 e. The standard InChI is InChI=1S/C46H58O4/c1-33(2)9-7-11-35(5)29-31-49-43-25-21-39(22-26-43)37-13-17-41(18-14-37)45(47)46(48)42-19-15-38(16-20-42)40-23-27-44(28-24-40)50-32-30-36(6)12-8-10-34(3)4/h13-28,33-36H,7-12,29-32H2,1-6H3/t35-,36-/m0/s1. The number of ketones is 2. The molecule has 0 bridgehead atoms. The van der Waals surface area contributed by atoms with Gasteiger partial charge < -0.3 is 9.47 Å². The highest BCUT2D eigenvalue weighted by molar-refractivity contribution is 6.49. The number of carbonyl (C=O) groups is 2. The average molecular weight is 675 g/mol. The van der Waals surface area contributed by atoms with E-state index in [1.54, 1.807) is 24.3 Å². The average Bonchev–Trinajstić information content (AvgIpc) is 3.11. The molecule has 0 aliphatic heterocycles. The maximum absolute atomic E-state index is 13.1. The fourth-order valence-electron chi connectivity index (χ4n) is 6.17. The minimum absolute atomic E-state index is 0.380. The second-order valence-corrected chi connectivity index (χ2v) is 15.0. The quantitative estimate of drug-likeness (QED) is 0.0652. The predicted octanol–water partition coefficient (Wildman–Crippen LogP) is 12.5. The molecule has 50 heavy (non-hydrogen) atoms. The fraction of sp³-hybridized carbons (Fsp3) is 0.435.